The molecule has 20 rings (SSSR count). The minimum absolute atomic E-state index is 0. The lowest BCUT2D eigenvalue weighted by Gasteiger charge is -2.09. The third-order valence-electron chi connectivity index (χ3n) is 19.4. The van der Waals surface area contributed by atoms with Crippen molar-refractivity contribution >= 4 is 130 Å². The van der Waals surface area contributed by atoms with Crippen molar-refractivity contribution < 1.29 is 0 Å². The fourth-order valence-corrected chi connectivity index (χ4v) is 13.8. The molecule has 0 fully saturated rings. The highest BCUT2D eigenvalue weighted by Crippen LogP contribution is 2.35. The predicted octanol–water partition coefficient (Wildman–Crippen LogP) is 32.9. The van der Waals surface area contributed by atoms with Crippen molar-refractivity contribution in [2.45, 2.75) is 146 Å². The summed E-state index contributed by atoms with van der Waals surface area (Å²) in [6.07, 6.45) is 6.86. The Balaban J connectivity index is 0.000000202. The molecule has 3 aromatic heterocycles. The van der Waals surface area contributed by atoms with Gasteiger partial charge in [0, 0.05) is 35.6 Å². The van der Waals surface area contributed by atoms with Crippen LogP contribution in [0.15, 0.2) is 340 Å². The van der Waals surface area contributed by atoms with E-state index in [0.29, 0.717) is 0 Å². The van der Waals surface area contributed by atoms with Crippen molar-refractivity contribution in [1.29, 1.82) is 0 Å². The van der Waals surface area contributed by atoms with Gasteiger partial charge in [-0.25, -0.2) is 4.98 Å². The summed E-state index contributed by atoms with van der Waals surface area (Å²) in [5.41, 5.74) is 18.1. The number of aromatic nitrogens is 5. The molecule has 0 radical (unpaired) electrons. The number of para-hydroxylation sites is 4. The number of aryl methyl sites for hydroxylation is 8. The first-order valence-corrected chi connectivity index (χ1v) is 40.3. The Hall–Kier alpha value is -12.6. The maximum Gasteiger partial charge on any atom is 0.0915 e. The molecule has 0 saturated carbocycles. The van der Waals surface area contributed by atoms with Gasteiger partial charge in [0.25, 0.3) is 0 Å². The minimum atomic E-state index is 0. The lowest BCUT2D eigenvalue weighted by molar-refractivity contribution is 1.23. The molecule has 0 spiro atoms. The summed E-state index contributed by atoms with van der Waals surface area (Å²) in [5.74, 6) is 0. The van der Waals surface area contributed by atoms with Crippen LogP contribution in [0.2, 0.25) is 0 Å². The molecule has 5 heteroatoms. The van der Waals surface area contributed by atoms with Crippen molar-refractivity contribution in [2.24, 2.45) is 0 Å². The standard InChI is InChI=1S/C16H10.C15H12.C14H11N.C14H10.C11H10.C10H14.2C9H8N2.5C2H6.2CH4/c1-3-11-7-9-13-5-2-6-14-10-8-12(4-1)15(11)16(13)14;1-11-14-8-4-2-6-12(14)10-13-7-3-5-9-15(11)13;1-10-11-6-2-4-8-13(11)15-14-9-5-3-7-12(10)14;1-3-7-13-11(5-1)9-10-12-6-2-4-8-14(12)13;1-9-5-4-7-10-6-2-3-8-11(9)10;1-7-5-8(2)10(4)9(3)6-7;2*1-7-3-2-4-8-9(7)11-6-5-10-8;5*1-2;;/h1-10H;2-10H,1H3;2-9H,1H3;1-10H;2-8H,1H3;5-6H,1-4H3;2*2-6H,1H3;5*1-2H3;2*1H4. The van der Waals surface area contributed by atoms with Crippen molar-refractivity contribution in [3.05, 3.63) is 390 Å². The zero-order chi connectivity index (χ0) is 81.2. The van der Waals surface area contributed by atoms with E-state index < -0.39 is 0 Å². The predicted molar refractivity (Wildman–Crippen MR) is 515 cm³/mol. The molecular formula is C110H121N5. The summed E-state index contributed by atoms with van der Waals surface area (Å²) in [7, 11) is 0. The topological polar surface area (TPSA) is 64.5 Å². The molecule has 0 atom stereocenters. The number of hydrogen-bond acceptors (Lipinski definition) is 5. The minimum Gasteiger partial charge on any atom is -0.253 e. The summed E-state index contributed by atoms with van der Waals surface area (Å²) in [4.78, 5) is 21.4. The van der Waals surface area contributed by atoms with Gasteiger partial charge in [0.2, 0.25) is 0 Å². The van der Waals surface area contributed by atoms with Crippen LogP contribution in [-0.2, 0) is 0 Å². The third kappa shape index (κ3) is 23.3. The van der Waals surface area contributed by atoms with Crippen molar-refractivity contribution in [3.63, 3.8) is 0 Å². The molecular weight excluding hydrogens is 1390 g/mol. The first kappa shape index (κ1) is 91.3. The van der Waals surface area contributed by atoms with E-state index in [1.807, 2.05) is 132 Å². The normalized spacial score (nSPS) is 9.90. The average molecular weight is 1510 g/mol. The Morgan fingerprint density at radius 2 is 0.443 bits per heavy atom. The molecule has 0 aliphatic rings. The van der Waals surface area contributed by atoms with Gasteiger partial charge in [-0.3, -0.25) is 19.9 Å². The summed E-state index contributed by atoms with van der Waals surface area (Å²) < 4.78 is 0. The molecule has 0 aliphatic heterocycles. The highest BCUT2D eigenvalue weighted by Gasteiger charge is 2.08. The number of fused-ring (bicyclic) bond motifs is 10. The Labute approximate surface area is 687 Å². The van der Waals surface area contributed by atoms with Gasteiger partial charge < -0.3 is 0 Å². The Morgan fingerprint density at radius 1 is 0.183 bits per heavy atom. The van der Waals surface area contributed by atoms with E-state index in [1.165, 1.54) is 147 Å². The number of hydrogen-bond donors (Lipinski definition) is 0. The average Bonchev–Trinajstić information content (AvgIpc) is 0.753. The molecule has 0 bridgehead atoms. The SMILES string of the molecule is C.C.CC.CC.CC.CC.CC.Cc1c2ccccc2cc2ccccc12.Cc1c2ccccc2nc2ccccc12.Cc1cc(C)c(C)c(C)c1.Cc1cccc2ccccc12.Cc1cccc2nccnc12.Cc1cccc2nccnc12.c1cc2ccc3cccc4ccc(c1)c2c34.c1ccc2c(c1)ccc1ccccc12. The van der Waals surface area contributed by atoms with Crippen LogP contribution >= 0.6 is 0 Å². The molecule has 0 N–H and O–H groups in total. The number of pyridine rings is 1. The maximum atomic E-state index is 4.64. The summed E-state index contributed by atoms with van der Waals surface area (Å²) >= 11 is 0. The zero-order valence-electron chi connectivity index (χ0n) is 70.1. The number of rotatable bonds is 0. The highest BCUT2D eigenvalue weighted by atomic mass is 14.8. The second kappa shape index (κ2) is 47.1. The lowest BCUT2D eigenvalue weighted by Crippen LogP contribution is -1.86. The van der Waals surface area contributed by atoms with Crippen LogP contribution in [0.4, 0.5) is 0 Å². The van der Waals surface area contributed by atoms with E-state index in [2.05, 4.69) is 340 Å². The van der Waals surface area contributed by atoms with Crippen LogP contribution in [0, 0.1) is 62.3 Å². The summed E-state index contributed by atoms with van der Waals surface area (Å²) in [5, 5.41) is 24.0. The maximum absolute atomic E-state index is 4.64. The van der Waals surface area contributed by atoms with E-state index in [0.717, 1.165) is 33.1 Å². The molecule has 20 aromatic rings. The van der Waals surface area contributed by atoms with Gasteiger partial charge in [0.1, 0.15) is 0 Å². The molecule has 586 valence electrons. The Kier molecular flexibility index (Phi) is 37.4. The van der Waals surface area contributed by atoms with E-state index >= 15 is 0 Å². The highest BCUT2D eigenvalue weighted by molar-refractivity contribution is 6.23. The van der Waals surface area contributed by atoms with E-state index in [1.54, 1.807) is 24.8 Å². The van der Waals surface area contributed by atoms with Gasteiger partial charge in [0.05, 0.1) is 33.1 Å². The summed E-state index contributed by atoms with van der Waals surface area (Å²) in [6, 6.07) is 110. The molecule has 17 aromatic carbocycles. The number of benzene rings is 17. The van der Waals surface area contributed by atoms with Gasteiger partial charge >= 0.3 is 0 Å². The quantitative estimate of drug-likeness (QED) is 0.112. The van der Waals surface area contributed by atoms with Crippen LogP contribution in [0.1, 0.15) is 134 Å². The van der Waals surface area contributed by atoms with Crippen LogP contribution in [0.5, 0.6) is 0 Å². The molecule has 5 nitrogen and oxygen atoms in total. The fraction of sp³-hybridized carbons (Fsp3) is 0.191. The zero-order valence-corrected chi connectivity index (χ0v) is 70.1. The number of nitrogens with zero attached hydrogens (tertiary/aromatic N) is 5. The van der Waals surface area contributed by atoms with E-state index in [-0.39, 0.29) is 14.9 Å². The molecule has 0 unspecified atom stereocenters. The second-order valence-corrected chi connectivity index (χ2v) is 26.3. The van der Waals surface area contributed by atoms with Gasteiger partial charge in [-0.05, 0) is 223 Å². The monoisotopic (exact) mass is 1510 g/mol. The van der Waals surface area contributed by atoms with Crippen LogP contribution in [-0.4, -0.2) is 24.9 Å². The fourth-order valence-electron chi connectivity index (χ4n) is 13.8. The lowest BCUT2D eigenvalue weighted by atomic mass is 9.95. The van der Waals surface area contributed by atoms with E-state index in [4.69, 9.17) is 0 Å². The molecule has 0 amide bonds. The Morgan fingerprint density at radius 3 is 0.826 bits per heavy atom. The smallest absolute Gasteiger partial charge is 0.0915 e. The molecule has 3 heterocycles. The van der Waals surface area contributed by atoms with Gasteiger partial charge in [-0.2, -0.15) is 0 Å². The van der Waals surface area contributed by atoms with Gasteiger partial charge in [0.15, 0.2) is 0 Å². The Bertz CT molecular complexity index is 5700. The second-order valence-electron chi connectivity index (χ2n) is 26.3. The molecule has 115 heavy (non-hydrogen) atoms. The van der Waals surface area contributed by atoms with Crippen molar-refractivity contribution in [2.75, 3.05) is 0 Å². The van der Waals surface area contributed by atoms with E-state index in [9.17, 15) is 0 Å². The summed E-state index contributed by atoms with van der Waals surface area (Å²) in [6.45, 7) is 39.2. The first-order chi connectivity index (χ1) is 55.3. The van der Waals surface area contributed by atoms with Crippen LogP contribution in [0.25, 0.3) is 130 Å². The van der Waals surface area contributed by atoms with Crippen LogP contribution < -0.4 is 0 Å². The molecule has 0 saturated heterocycles. The largest absolute Gasteiger partial charge is 0.253 e. The van der Waals surface area contributed by atoms with Crippen molar-refractivity contribution in [1.82, 2.24) is 24.9 Å². The van der Waals surface area contributed by atoms with Crippen molar-refractivity contribution in [3.8, 4) is 0 Å². The molecule has 0 aliphatic carbocycles. The van der Waals surface area contributed by atoms with Gasteiger partial charge in [-0.1, -0.05) is 375 Å². The van der Waals surface area contributed by atoms with Crippen LogP contribution in [0.3, 0.4) is 0 Å². The van der Waals surface area contributed by atoms with Gasteiger partial charge in [-0.15, -0.1) is 0 Å². The first-order valence-electron chi connectivity index (χ1n) is 40.3. The third-order valence-corrected chi connectivity index (χ3v) is 19.4.